The first-order valence-electron chi connectivity index (χ1n) is 7.56. The monoisotopic (exact) mass is 355 g/mol. The van der Waals surface area contributed by atoms with E-state index in [9.17, 15) is 19.7 Å². The van der Waals surface area contributed by atoms with Gasteiger partial charge in [-0.1, -0.05) is 17.3 Å². The zero-order valence-corrected chi connectivity index (χ0v) is 13.4. The maximum absolute atomic E-state index is 11.9. The summed E-state index contributed by atoms with van der Waals surface area (Å²) in [5, 5.41) is 17.6. The number of nitrogens with zero attached hydrogens (tertiary/aromatic N) is 2. The topological polar surface area (TPSA) is 125 Å². The van der Waals surface area contributed by atoms with E-state index in [0.717, 1.165) is 0 Å². The Bertz CT molecular complexity index is 964. The van der Waals surface area contributed by atoms with Crippen molar-refractivity contribution in [2.45, 2.75) is 6.42 Å². The molecule has 0 aliphatic carbocycles. The minimum absolute atomic E-state index is 0.0886. The Morgan fingerprint density at radius 1 is 1.15 bits per heavy atom. The third kappa shape index (κ3) is 4.01. The van der Waals surface area contributed by atoms with E-state index in [1.807, 2.05) is 0 Å². The van der Waals surface area contributed by atoms with Crippen molar-refractivity contribution in [2.75, 3.05) is 11.9 Å². The number of amides is 1. The summed E-state index contributed by atoms with van der Waals surface area (Å²) in [5.41, 5.74) is 1.26. The number of aromatic nitrogens is 1. The molecule has 0 radical (unpaired) electrons. The van der Waals surface area contributed by atoms with E-state index >= 15 is 0 Å². The number of rotatable bonds is 6. The van der Waals surface area contributed by atoms with E-state index in [0.29, 0.717) is 22.4 Å². The number of hydrogen-bond donors (Lipinski definition) is 1. The summed E-state index contributed by atoms with van der Waals surface area (Å²) >= 11 is 0. The number of fused-ring (bicyclic) bond motifs is 1. The normalized spacial score (nSPS) is 10.5. The first kappa shape index (κ1) is 17.1. The third-order valence-corrected chi connectivity index (χ3v) is 3.49. The van der Waals surface area contributed by atoms with Gasteiger partial charge in [-0.05, 0) is 24.3 Å². The van der Waals surface area contributed by atoms with Crippen LogP contribution >= 0.6 is 0 Å². The molecule has 0 saturated heterocycles. The van der Waals surface area contributed by atoms with Crippen LogP contribution in [0.3, 0.4) is 0 Å². The Labute approximate surface area is 146 Å². The van der Waals surface area contributed by atoms with Gasteiger partial charge < -0.3 is 14.6 Å². The Morgan fingerprint density at radius 2 is 1.88 bits per heavy atom. The minimum Gasteiger partial charge on any atom is -0.455 e. The highest BCUT2D eigenvalue weighted by Crippen LogP contribution is 2.18. The van der Waals surface area contributed by atoms with Crippen LogP contribution in [0.25, 0.3) is 11.0 Å². The highest BCUT2D eigenvalue weighted by Gasteiger charge is 2.14. The Kier molecular flexibility index (Phi) is 4.88. The number of nitro benzene ring substituents is 1. The lowest BCUT2D eigenvalue weighted by molar-refractivity contribution is -0.384. The number of nitrogens with one attached hydrogen (secondary N) is 1. The summed E-state index contributed by atoms with van der Waals surface area (Å²) in [5.74, 6) is -1.18. The van der Waals surface area contributed by atoms with Crippen molar-refractivity contribution in [3.63, 3.8) is 0 Å². The van der Waals surface area contributed by atoms with Crippen LogP contribution in [-0.2, 0) is 20.7 Å². The van der Waals surface area contributed by atoms with Gasteiger partial charge in [0.2, 0.25) is 0 Å². The van der Waals surface area contributed by atoms with Gasteiger partial charge in [-0.15, -0.1) is 0 Å². The quantitative estimate of drug-likeness (QED) is 0.409. The van der Waals surface area contributed by atoms with Crippen LogP contribution in [0.2, 0.25) is 0 Å². The van der Waals surface area contributed by atoms with Crippen molar-refractivity contribution in [3.05, 3.63) is 64.3 Å². The molecule has 1 N–H and O–H groups in total. The average Bonchev–Trinajstić information content (AvgIpc) is 3.03. The zero-order chi connectivity index (χ0) is 18.5. The standard InChI is InChI=1S/C17H13N3O6/c21-16(18-11-5-7-12(8-6-11)20(23)24)10-25-17(22)9-14-13-3-1-2-4-15(13)26-19-14/h1-8H,9-10H2,(H,18,21). The van der Waals surface area contributed by atoms with Gasteiger partial charge in [-0.3, -0.25) is 19.7 Å². The Hall–Kier alpha value is -3.75. The molecule has 1 amide bonds. The molecule has 0 spiro atoms. The number of hydrogen-bond acceptors (Lipinski definition) is 7. The van der Waals surface area contributed by atoms with Crippen molar-refractivity contribution < 1.29 is 23.8 Å². The minimum atomic E-state index is -0.622. The van der Waals surface area contributed by atoms with Crippen LogP contribution in [0.15, 0.2) is 53.1 Å². The maximum atomic E-state index is 11.9. The van der Waals surface area contributed by atoms with Gasteiger partial charge in [-0.25, -0.2) is 0 Å². The predicted molar refractivity (Wildman–Crippen MR) is 90.4 cm³/mol. The highest BCUT2D eigenvalue weighted by molar-refractivity contribution is 5.93. The number of ether oxygens (including phenoxy) is 1. The van der Waals surface area contributed by atoms with Gasteiger partial charge in [0.1, 0.15) is 5.69 Å². The lowest BCUT2D eigenvalue weighted by Crippen LogP contribution is -2.21. The molecule has 0 aliphatic heterocycles. The zero-order valence-electron chi connectivity index (χ0n) is 13.4. The van der Waals surface area contributed by atoms with Crippen LogP contribution in [0.4, 0.5) is 11.4 Å². The molecule has 26 heavy (non-hydrogen) atoms. The van der Waals surface area contributed by atoms with Crippen molar-refractivity contribution in [2.24, 2.45) is 0 Å². The number of anilines is 1. The van der Waals surface area contributed by atoms with Crippen LogP contribution in [0.5, 0.6) is 0 Å². The summed E-state index contributed by atoms with van der Waals surface area (Å²) < 4.78 is 10.0. The molecule has 2 aromatic carbocycles. The third-order valence-electron chi connectivity index (χ3n) is 3.49. The first-order chi connectivity index (χ1) is 12.5. The highest BCUT2D eigenvalue weighted by atomic mass is 16.6. The summed E-state index contributed by atoms with van der Waals surface area (Å²) in [6.07, 6.45) is -0.123. The SMILES string of the molecule is O=C(COC(=O)Cc1noc2ccccc12)Nc1ccc([N+](=O)[O-])cc1. The molecule has 132 valence electrons. The van der Waals surface area contributed by atoms with Gasteiger partial charge in [0.15, 0.2) is 12.2 Å². The molecular weight excluding hydrogens is 342 g/mol. The van der Waals surface area contributed by atoms with Gasteiger partial charge in [-0.2, -0.15) is 0 Å². The van der Waals surface area contributed by atoms with E-state index in [1.54, 1.807) is 24.3 Å². The number of carbonyl (C=O) groups is 2. The molecular formula is C17H13N3O6. The van der Waals surface area contributed by atoms with Crippen molar-refractivity contribution in [1.82, 2.24) is 5.16 Å². The Balaban J connectivity index is 1.51. The van der Waals surface area contributed by atoms with E-state index in [1.165, 1.54) is 24.3 Å². The molecule has 0 aliphatic rings. The number of esters is 1. The summed E-state index contributed by atoms with van der Waals surface area (Å²) in [6.45, 7) is -0.481. The van der Waals surface area contributed by atoms with Crippen molar-refractivity contribution >= 4 is 34.2 Å². The number of nitro groups is 1. The van der Waals surface area contributed by atoms with Crippen LogP contribution < -0.4 is 5.32 Å². The molecule has 0 atom stereocenters. The molecule has 9 nitrogen and oxygen atoms in total. The van der Waals surface area contributed by atoms with Gasteiger partial charge in [0.25, 0.3) is 11.6 Å². The largest absolute Gasteiger partial charge is 0.455 e. The van der Waals surface area contributed by atoms with E-state index in [2.05, 4.69) is 10.5 Å². The van der Waals surface area contributed by atoms with Gasteiger partial charge in [0, 0.05) is 23.2 Å². The molecule has 1 heterocycles. The summed E-state index contributed by atoms with van der Waals surface area (Å²) in [7, 11) is 0. The van der Waals surface area contributed by atoms with Crippen LogP contribution in [0, 0.1) is 10.1 Å². The number of para-hydroxylation sites is 1. The molecule has 1 aromatic heterocycles. The molecule has 9 heteroatoms. The molecule has 0 unspecified atom stereocenters. The fourth-order valence-corrected chi connectivity index (χ4v) is 2.26. The lowest BCUT2D eigenvalue weighted by atomic mass is 10.2. The summed E-state index contributed by atoms with van der Waals surface area (Å²) in [6, 6.07) is 12.4. The second-order valence-corrected chi connectivity index (χ2v) is 5.32. The first-order valence-corrected chi connectivity index (χ1v) is 7.56. The number of non-ortho nitro benzene ring substituents is 1. The molecule has 3 rings (SSSR count). The number of benzene rings is 2. The van der Waals surface area contributed by atoms with E-state index in [-0.39, 0.29) is 12.1 Å². The van der Waals surface area contributed by atoms with Crippen molar-refractivity contribution in [1.29, 1.82) is 0 Å². The maximum Gasteiger partial charge on any atom is 0.312 e. The van der Waals surface area contributed by atoms with Crippen LogP contribution in [-0.4, -0.2) is 28.6 Å². The number of carbonyl (C=O) groups excluding carboxylic acids is 2. The smallest absolute Gasteiger partial charge is 0.312 e. The average molecular weight is 355 g/mol. The second kappa shape index (κ2) is 7.43. The predicted octanol–water partition coefficient (Wildman–Crippen LogP) is 2.46. The molecule has 0 saturated carbocycles. The molecule has 0 bridgehead atoms. The Morgan fingerprint density at radius 3 is 2.62 bits per heavy atom. The summed E-state index contributed by atoms with van der Waals surface area (Å²) in [4.78, 5) is 33.7. The fraction of sp³-hybridized carbons (Fsp3) is 0.118. The lowest BCUT2D eigenvalue weighted by Gasteiger charge is -2.06. The van der Waals surface area contributed by atoms with E-state index < -0.39 is 23.4 Å². The fourth-order valence-electron chi connectivity index (χ4n) is 2.26. The molecule has 0 fully saturated rings. The molecule has 3 aromatic rings. The van der Waals surface area contributed by atoms with Gasteiger partial charge in [0.05, 0.1) is 11.3 Å². The second-order valence-electron chi connectivity index (χ2n) is 5.32. The van der Waals surface area contributed by atoms with Gasteiger partial charge >= 0.3 is 5.97 Å². The van der Waals surface area contributed by atoms with Crippen molar-refractivity contribution in [3.8, 4) is 0 Å². The van der Waals surface area contributed by atoms with E-state index in [4.69, 9.17) is 9.26 Å². The van der Waals surface area contributed by atoms with Crippen LogP contribution in [0.1, 0.15) is 5.69 Å².